The van der Waals surface area contributed by atoms with E-state index in [9.17, 15) is 24.9 Å². The molecule has 3 amide bonds. The quantitative estimate of drug-likeness (QED) is 0.493. The first-order chi connectivity index (χ1) is 16.2. The van der Waals surface area contributed by atoms with Gasteiger partial charge in [-0.25, -0.2) is 0 Å². The fourth-order valence-electron chi connectivity index (χ4n) is 3.40. The lowest BCUT2D eigenvalue weighted by molar-refractivity contribution is -0.114. The zero-order valence-corrected chi connectivity index (χ0v) is 19.0. The lowest BCUT2D eigenvalue weighted by Gasteiger charge is -2.20. The molecule has 0 atom stereocenters. The number of nitrogens with one attached hydrogen (secondary N) is 1. The van der Waals surface area contributed by atoms with E-state index in [1.54, 1.807) is 25.3 Å². The van der Waals surface area contributed by atoms with Gasteiger partial charge in [0.25, 0.3) is 11.8 Å². The van der Waals surface area contributed by atoms with Crippen molar-refractivity contribution in [1.29, 1.82) is 10.5 Å². The highest BCUT2D eigenvalue weighted by Crippen LogP contribution is 2.37. The molecule has 0 bridgehead atoms. The maximum Gasteiger partial charge on any atom is 0.262 e. The average molecular weight is 459 g/mol. The van der Waals surface area contributed by atoms with Gasteiger partial charge in [-0.3, -0.25) is 19.3 Å². The van der Waals surface area contributed by atoms with E-state index in [1.165, 1.54) is 20.0 Å². The molecule has 0 aromatic heterocycles. The maximum atomic E-state index is 12.5. The van der Waals surface area contributed by atoms with Crippen molar-refractivity contribution in [2.75, 3.05) is 44.6 Å². The van der Waals surface area contributed by atoms with Crippen molar-refractivity contribution in [3.63, 3.8) is 0 Å². The van der Waals surface area contributed by atoms with Gasteiger partial charge < -0.3 is 15.0 Å². The van der Waals surface area contributed by atoms with Gasteiger partial charge in [0, 0.05) is 40.4 Å². The number of carbonyl (C=O) groups is 3. The number of benzene rings is 2. The minimum absolute atomic E-state index is 0.0260. The van der Waals surface area contributed by atoms with Crippen LogP contribution in [0.1, 0.15) is 38.8 Å². The molecule has 1 aliphatic heterocycles. The van der Waals surface area contributed by atoms with Crippen LogP contribution in [0.15, 0.2) is 34.5 Å². The summed E-state index contributed by atoms with van der Waals surface area (Å²) in [5, 5.41) is 30.2. The minimum Gasteiger partial charge on any atom is -0.383 e. The van der Waals surface area contributed by atoms with Gasteiger partial charge >= 0.3 is 0 Å². The summed E-state index contributed by atoms with van der Waals surface area (Å²) in [5.41, 5.74) is 0.872. The predicted octanol–water partition coefficient (Wildman–Crippen LogP) is 3.11. The SMILES string of the molecule is COCCN(C)c1ccc(/N=N/c2c(C#N)cc3c(c2C#N)C(=O)N(C)C3=O)c(NC(C)=O)c1. The number of anilines is 2. The molecule has 0 aliphatic carbocycles. The molecule has 11 nitrogen and oxygen atoms in total. The van der Waals surface area contributed by atoms with Gasteiger partial charge in [0.2, 0.25) is 5.91 Å². The standard InChI is InChI=1S/C23H21N7O4/c1-13(31)26-19-10-15(29(2)7-8-34-4)5-6-18(19)27-28-21-14(11-24)9-16-20(17(21)12-25)23(33)30(3)22(16)32/h5-6,9-10H,7-8H2,1-4H3,(H,26,31)/b28-27+. The molecule has 3 rings (SSSR count). The van der Waals surface area contributed by atoms with E-state index in [-0.39, 0.29) is 39.5 Å². The van der Waals surface area contributed by atoms with Crippen molar-refractivity contribution in [2.24, 2.45) is 10.2 Å². The van der Waals surface area contributed by atoms with Crippen molar-refractivity contribution >= 4 is 40.5 Å². The molecule has 2 aromatic rings. The Balaban J connectivity index is 2.10. The van der Waals surface area contributed by atoms with E-state index in [0.29, 0.717) is 18.8 Å². The molecule has 0 spiro atoms. The summed E-state index contributed by atoms with van der Waals surface area (Å²) in [6.45, 7) is 2.48. The third kappa shape index (κ3) is 4.46. The minimum atomic E-state index is -0.653. The lowest BCUT2D eigenvalue weighted by atomic mass is 9.97. The van der Waals surface area contributed by atoms with Crippen molar-refractivity contribution < 1.29 is 19.1 Å². The van der Waals surface area contributed by atoms with Crippen molar-refractivity contribution in [2.45, 2.75) is 6.92 Å². The van der Waals surface area contributed by atoms with Gasteiger partial charge in [-0.1, -0.05) is 0 Å². The van der Waals surface area contributed by atoms with Gasteiger partial charge in [-0.15, -0.1) is 10.2 Å². The Morgan fingerprint density at radius 3 is 2.53 bits per heavy atom. The van der Waals surface area contributed by atoms with E-state index < -0.39 is 11.8 Å². The molecular weight excluding hydrogens is 438 g/mol. The van der Waals surface area contributed by atoms with Crippen LogP contribution in [0.2, 0.25) is 0 Å². The van der Waals surface area contributed by atoms with Gasteiger partial charge in [0.15, 0.2) is 0 Å². The Bertz CT molecular complexity index is 1300. The number of azo groups is 1. The Labute approximate surface area is 195 Å². The molecule has 1 N–H and O–H groups in total. The second kappa shape index (κ2) is 9.90. The number of imide groups is 1. The molecule has 0 saturated carbocycles. The topological polar surface area (TPSA) is 151 Å². The molecule has 1 heterocycles. The third-order valence-corrected chi connectivity index (χ3v) is 5.21. The number of likely N-dealkylation sites (N-methyl/N-ethyl adjacent to an activating group) is 1. The first-order valence-corrected chi connectivity index (χ1v) is 10.1. The largest absolute Gasteiger partial charge is 0.383 e. The number of rotatable bonds is 7. The van der Waals surface area contributed by atoms with E-state index in [1.807, 2.05) is 24.1 Å². The van der Waals surface area contributed by atoms with Crippen LogP contribution in [0.4, 0.5) is 22.7 Å². The summed E-state index contributed by atoms with van der Waals surface area (Å²) in [4.78, 5) is 39.4. The summed E-state index contributed by atoms with van der Waals surface area (Å²) in [6, 6.07) is 10.1. The first kappa shape index (κ1) is 24.0. The zero-order chi connectivity index (χ0) is 25.0. The summed E-state index contributed by atoms with van der Waals surface area (Å²) in [7, 11) is 4.76. The van der Waals surface area contributed by atoms with Crippen molar-refractivity contribution in [3.05, 3.63) is 46.5 Å². The normalized spacial score (nSPS) is 12.5. The van der Waals surface area contributed by atoms with Crippen LogP contribution in [0.5, 0.6) is 0 Å². The molecule has 1 aliphatic rings. The fourth-order valence-corrected chi connectivity index (χ4v) is 3.40. The number of nitriles is 2. The van der Waals surface area contributed by atoms with Crippen LogP contribution in [-0.4, -0.2) is 57.0 Å². The average Bonchev–Trinajstić information content (AvgIpc) is 3.03. The molecule has 2 aromatic carbocycles. The molecule has 0 saturated heterocycles. The van der Waals surface area contributed by atoms with E-state index in [4.69, 9.17) is 4.74 Å². The Morgan fingerprint density at radius 2 is 1.91 bits per heavy atom. The van der Waals surface area contributed by atoms with Crippen LogP contribution < -0.4 is 10.2 Å². The number of hydrogen-bond acceptors (Lipinski definition) is 9. The smallest absolute Gasteiger partial charge is 0.262 e. The van der Waals surface area contributed by atoms with E-state index >= 15 is 0 Å². The summed E-state index contributed by atoms with van der Waals surface area (Å²) in [5.74, 6) is -1.58. The number of carbonyl (C=O) groups excluding carboxylic acids is 3. The Kier molecular flexibility index (Phi) is 7.00. The van der Waals surface area contributed by atoms with Crippen LogP contribution in [0.25, 0.3) is 0 Å². The molecule has 11 heteroatoms. The second-order valence-corrected chi connectivity index (χ2v) is 7.46. The highest BCUT2D eigenvalue weighted by molar-refractivity contribution is 6.23. The highest BCUT2D eigenvalue weighted by atomic mass is 16.5. The Morgan fingerprint density at radius 1 is 1.18 bits per heavy atom. The number of hydrogen-bond donors (Lipinski definition) is 1. The van der Waals surface area contributed by atoms with Crippen molar-refractivity contribution in [3.8, 4) is 12.1 Å². The van der Waals surface area contributed by atoms with Crippen LogP contribution in [0.3, 0.4) is 0 Å². The molecule has 0 radical (unpaired) electrons. The van der Waals surface area contributed by atoms with Crippen molar-refractivity contribution in [1.82, 2.24) is 4.90 Å². The molecule has 0 unspecified atom stereocenters. The van der Waals surface area contributed by atoms with Gasteiger partial charge in [0.05, 0.1) is 34.5 Å². The number of ether oxygens (including phenoxy) is 1. The molecule has 0 fully saturated rings. The highest BCUT2D eigenvalue weighted by Gasteiger charge is 2.37. The third-order valence-electron chi connectivity index (χ3n) is 5.21. The molecule has 34 heavy (non-hydrogen) atoms. The second-order valence-electron chi connectivity index (χ2n) is 7.46. The van der Waals surface area contributed by atoms with Gasteiger partial charge in [-0.05, 0) is 24.3 Å². The van der Waals surface area contributed by atoms with E-state index in [0.717, 1.165) is 10.6 Å². The number of amides is 3. The van der Waals surface area contributed by atoms with Crippen LogP contribution in [-0.2, 0) is 9.53 Å². The lowest BCUT2D eigenvalue weighted by Crippen LogP contribution is -2.24. The molecular formula is C23H21N7O4. The first-order valence-electron chi connectivity index (χ1n) is 10.1. The number of methoxy groups -OCH3 is 1. The summed E-state index contributed by atoms with van der Waals surface area (Å²) in [6.07, 6.45) is 0. The summed E-state index contributed by atoms with van der Waals surface area (Å²) < 4.78 is 5.09. The van der Waals surface area contributed by atoms with Gasteiger partial charge in [-0.2, -0.15) is 10.5 Å². The Hall–Kier alpha value is -4.61. The van der Waals surface area contributed by atoms with Gasteiger partial charge in [0.1, 0.15) is 23.5 Å². The monoisotopic (exact) mass is 459 g/mol. The van der Waals surface area contributed by atoms with Crippen LogP contribution >= 0.6 is 0 Å². The number of fused-ring (bicyclic) bond motifs is 1. The number of nitrogens with zero attached hydrogens (tertiary/aromatic N) is 6. The van der Waals surface area contributed by atoms with E-state index in [2.05, 4.69) is 15.5 Å². The molecule has 172 valence electrons. The maximum absolute atomic E-state index is 12.5. The predicted molar refractivity (Wildman–Crippen MR) is 122 cm³/mol. The zero-order valence-electron chi connectivity index (χ0n) is 19.0. The van der Waals surface area contributed by atoms with Crippen LogP contribution in [0, 0.1) is 22.7 Å². The fraction of sp³-hybridized carbons (Fsp3) is 0.261. The summed E-state index contributed by atoms with van der Waals surface area (Å²) >= 11 is 0.